The molecule has 0 heterocycles. The van der Waals surface area contributed by atoms with Crippen molar-refractivity contribution in [3.05, 3.63) is 29.0 Å². The number of hydrogen-bond donors (Lipinski definition) is 1. The zero-order valence-electron chi connectivity index (χ0n) is 8.28. The lowest BCUT2D eigenvalue weighted by Gasteiger charge is -2.09. The molecule has 0 aliphatic carbocycles. The molecule has 7 heteroatoms. The summed E-state index contributed by atoms with van der Waals surface area (Å²) in [5.41, 5.74) is 4.90. The Morgan fingerprint density at radius 1 is 1.50 bits per heavy atom. The number of primary amides is 1. The summed E-state index contributed by atoms with van der Waals surface area (Å²) in [4.78, 5) is 10.6. The van der Waals surface area contributed by atoms with Crippen molar-refractivity contribution in [1.82, 2.24) is 0 Å². The van der Waals surface area contributed by atoms with E-state index < -0.39 is 26.8 Å². The smallest absolute Gasteiger partial charge is 0.235 e. The van der Waals surface area contributed by atoms with Crippen LogP contribution < -0.4 is 5.73 Å². The summed E-state index contributed by atoms with van der Waals surface area (Å²) in [6, 6.07) is 2.91. The maximum absolute atomic E-state index is 12.8. The van der Waals surface area contributed by atoms with Crippen molar-refractivity contribution in [2.24, 2.45) is 5.73 Å². The van der Waals surface area contributed by atoms with Crippen molar-refractivity contribution in [2.45, 2.75) is 17.1 Å². The lowest BCUT2D eigenvalue weighted by atomic mass is 10.3. The summed E-state index contributed by atoms with van der Waals surface area (Å²) < 4.78 is 36.3. The number of carbonyl (C=O) groups is 1. The zero-order valence-corrected chi connectivity index (χ0v) is 9.85. The molecule has 1 amide bonds. The number of benzene rings is 1. The first-order valence-electron chi connectivity index (χ1n) is 4.25. The Kier molecular flexibility index (Phi) is 3.54. The Morgan fingerprint density at radius 2 is 2.06 bits per heavy atom. The van der Waals surface area contributed by atoms with Gasteiger partial charge in [-0.2, -0.15) is 0 Å². The molecule has 0 spiro atoms. The van der Waals surface area contributed by atoms with E-state index in [0.29, 0.717) is 0 Å². The van der Waals surface area contributed by atoms with E-state index in [4.69, 9.17) is 17.3 Å². The molecule has 88 valence electrons. The van der Waals surface area contributed by atoms with Gasteiger partial charge in [-0.05, 0) is 25.1 Å². The third-order valence-electron chi connectivity index (χ3n) is 2.09. The van der Waals surface area contributed by atoms with Crippen LogP contribution in [0.2, 0.25) is 5.02 Å². The summed E-state index contributed by atoms with van der Waals surface area (Å²) in [5.74, 6) is -1.70. The van der Waals surface area contributed by atoms with Crippen LogP contribution in [0.15, 0.2) is 23.1 Å². The second kappa shape index (κ2) is 4.39. The number of carbonyl (C=O) groups excluding carboxylic acids is 1. The number of sulfone groups is 1. The van der Waals surface area contributed by atoms with Gasteiger partial charge < -0.3 is 5.73 Å². The minimum atomic E-state index is -3.90. The quantitative estimate of drug-likeness (QED) is 0.832. The van der Waals surface area contributed by atoms with E-state index in [9.17, 15) is 17.6 Å². The van der Waals surface area contributed by atoms with Crippen LogP contribution in [-0.2, 0) is 14.6 Å². The highest BCUT2D eigenvalue weighted by atomic mass is 35.5. The van der Waals surface area contributed by atoms with Gasteiger partial charge in [-0.3, -0.25) is 4.79 Å². The number of amides is 1. The molecule has 0 fully saturated rings. The Balaban J connectivity index is 3.28. The largest absolute Gasteiger partial charge is 0.369 e. The standard InChI is InChI=1S/C9H9ClFNO3S/c1-5(9(12)13)16(14,15)6-2-3-8(11)7(10)4-6/h2-5H,1H3,(H2,12,13)/t5-/m1/s1. The molecule has 1 aromatic rings. The van der Waals surface area contributed by atoms with Crippen LogP contribution >= 0.6 is 11.6 Å². The molecule has 0 aliphatic heterocycles. The third kappa shape index (κ3) is 2.33. The highest BCUT2D eigenvalue weighted by Crippen LogP contribution is 2.22. The minimum Gasteiger partial charge on any atom is -0.369 e. The van der Waals surface area contributed by atoms with Crippen LogP contribution in [0.1, 0.15) is 6.92 Å². The van der Waals surface area contributed by atoms with E-state index in [2.05, 4.69) is 0 Å². The van der Waals surface area contributed by atoms with Crippen molar-refractivity contribution in [3.63, 3.8) is 0 Å². The summed E-state index contributed by atoms with van der Waals surface area (Å²) in [6.45, 7) is 1.16. The number of halogens is 2. The highest BCUT2D eigenvalue weighted by molar-refractivity contribution is 7.92. The summed E-state index contributed by atoms with van der Waals surface area (Å²) in [6.07, 6.45) is 0. The van der Waals surface area contributed by atoms with Crippen LogP contribution in [0.3, 0.4) is 0 Å². The fourth-order valence-electron chi connectivity index (χ4n) is 1.01. The van der Waals surface area contributed by atoms with Crippen LogP contribution in [-0.4, -0.2) is 19.6 Å². The van der Waals surface area contributed by atoms with Crippen LogP contribution in [0.5, 0.6) is 0 Å². The van der Waals surface area contributed by atoms with Crippen molar-refractivity contribution in [3.8, 4) is 0 Å². The molecule has 1 aromatic carbocycles. The molecule has 0 aromatic heterocycles. The van der Waals surface area contributed by atoms with Gasteiger partial charge in [0.2, 0.25) is 5.91 Å². The summed E-state index contributed by atoms with van der Waals surface area (Å²) >= 11 is 5.45. The van der Waals surface area contributed by atoms with Gasteiger partial charge in [0, 0.05) is 0 Å². The SMILES string of the molecule is C[C@H](C(N)=O)S(=O)(=O)c1ccc(F)c(Cl)c1. The predicted molar refractivity (Wildman–Crippen MR) is 57.3 cm³/mol. The molecule has 2 N–H and O–H groups in total. The van der Waals surface area contributed by atoms with E-state index in [1.807, 2.05) is 0 Å². The molecular formula is C9H9ClFNO3S. The maximum atomic E-state index is 12.8. The van der Waals surface area contributed by atoms with Gasteiger partial charge >= 0.3 is 0 Å². The first-order valence-corrected chi connectivity index (χ1v) is 6.17. The topological polar surface area (TPSA) is 77.2 Å². The third-order valence-corrected chi connectivity index (χ3v) is 4.45. The van der Waals surface area contributed by atoms with E-state index in [1.54, 1.807) is 0 Å². The second-order valence-corrected chi connectivity index (χ2v) is 5.84. The average Bonchev–Trinajstić information content (AvgIpc) is 2.20. The van der Waals surface area contributed by atoms with Gasteiger partial charge in [0.15, 0.2) is 9.84 Å². The Morgan fingerprint density at radius 3 is 2.50 bits per heavy atom. The van der Waals surface area contributed by atoms with Gasteiger partial charge in [0.05, 0.1) is 9.92 Å². The zero-order chi connectivity index (χ0) is 12.5. The lowest BCUT2D eigenvalue weighted by Crippen LogP contribution is -2.33. The van der Waals surface area contributed by atoms with E-state index in [0.717, 1.165) is 25.1 Å². The fourth-order valence-corrected chi connectivity index (χ4v) is 2.51. The molecular weight excluding hydrogens is 257 g/mol. The van der Waals surface area contributed by atoms with Crippen molar-refractivity contribution >= 4 is 27.3 Å². The van der Waals surface area contributed by atoms with Crippen molar-refractivity contribution < 1.29 is 17.6 Å². The maximum Gasteiger partial charge on any atom is 0.235 e. The van der Waals surface area contributed by atoms with E-state index in [1.165, 1.54) is 0 Å². The molecule has 0 unspecified atom stereocenters. The van der Waals surface area contributed by atoms with Gasteiger partial charge in [-0.25, -0.2) is 12.8 Å². The number of hydrogen-bond acceptors (Lipinski definition) is 3. The lowest BCUT2D eigenvalue weighted by molar-refractivity contribution is -0.117. The Labute approximate surface area is 97.1 Å². The molecule has 0 radical (unpaired) electrons. The first-order chi connectivity index (χ1) is 7.26. The van der Waals surface area contributed by atoms with Crippen molar-refractivity contribution in [1.29, 1.82) is 0 Å². The summed E-state index contributed by atoms with van der Waals surface area (Å²) in [5, 5.41) is -1.70. The van der Waals surface area contributed by atoms with Gasteiger partial charge in [0.25, 0.3) is 0 Å². The van der Waals surface area contributed by atoms with E-state index in [-0.39, 0.29) is 9.92 Å². The number of nitrogens with two attached hydrogens (primary N) is 1. The molecule has 0 bridgehead atoms. The molecule has 1 rings (SSSR count). The number of rotatable bonds is 3. The van der Waals surface area contributed by atoms with Crippen LogP contribution in [0.25, 0.3) is 0 Å². The molecule has 1 atom stereocenters. The second-order valence-electron chi connectivity index (χ2n) is 3.17. The van der Waals surface area contributed by atoms with Crippen LogP contribution in [0.4, 0.5) is 4.39 Å². The predicted octanol–water partition coefficient (Wildman–Crippen LogP) is 1.13. The van der Waals surface area contributed by atoms with Gasteiger partial charge in [-0.15, -0.1) is 0 Å². The monoisotopic (exact) mass is 265 g/mol. The molecule has 0 saturated carbocycles. The highest BCUT2D eigenvalue weighted by Gasteiger charge is 2.28. The minimum absolute atomic E-state index is 0.231. The molecule has 4 nitrogen and oxygen atoms in total. The van der Waals surface area contributed by atoms with Crippen molar-refractivity contribution in [2.75, 3.05) is 0 Å². The van der Waals surface area contributed by atoms with Crippen LogP contribution in [0, 0.1) is 5.82 Å². The molecule has 16 heavy (non-hydrogen) atoms. The molecule has 0 aliphatic rings. The van der Waals surface area contributed by atoms with E-state index >= 15 is 0 Å². The Hall–Kier alpha value is -1.14. The van der Waals surface area contributed by atoms with Gasteiger partial charge in [-0.1, -0.05) is 11.6 Å². The summed E-state index contributed by atoms with van der Waals surface area (Å²) in [7, 11) is -3.90. The Bertz CT molecular complexity index is 530. The van der Waals surface area contributed by atoms with Gasteiger partial charge in [0.1, 0.15) is 11.1 Å². The first kappa shape index (κ1) is 12.9. The normalized spacial score (nSPS) is 13.4. The molecule has 0 saturated heterocycles. The fraction of sp³-hybridized carbons (Fsp3) is 0.222. The average molecular weight is 266 g/mol.